The lowest BCUT2D eigenvalue weighted by Gasteiger charge is -2.34. The molecule has 96 valence electrons. The molecule has 1 atom stereocenters. The molecule has 1 saturated heterocycles. The molecule has 1 aromatic rings. The van der Waals surface area contributed by atoms with Gasteiger partial charge in [-0.1, -0.05) is 24.3 Å². The van der Waals surface area contributed by atoms with Crippen molar-refractivity contribution in [3.8, 4) is 0 Å². The minimum atomic E-state index is -0.799. The Bertz CT molecular complexity index is 467. The van der Waals surface area contributed by atoms with Gasteiger partial charge < -0.3 is 15.4 Å². The molecule has 4 heteroatoms. The smallest absolute Gasteiger partial charge is 0.245 e. The molecule has 0 radical (unpaired) electrons. The average molecular weight is 246 g/mol. The Kier molecular flexibility index (Phi) is 2.84. The Morgan fingerprint density at radius 2 is 2.11 bits per heavy atom. The number of amides is 1. The van der Waals surface area contributed by atoms with Crippen LogP contribution in [-0.2, 0) is 22.5 Å². The highest BCUT2D eigenvalue weighted by molar-refractivity contribution is 5.86. The number of carbonyl (C=O) groups is 1. The van der Waals surface area contributed by atoms with Gasteiger partial charge in [-0.05, 0) is 24.0 Å². The summed E-state index contributed by atoms with van der Waals surface area (Å²) < 4.78 is 5.27. The molecular weight excluding hydrogens is 228 g/mol. The number of nitrogens with two attached hydrogens (primary N) is 1. The molecule has 0 saturated carbocycles. The second kappa shape index (κ2) is 4.37. The van der Waals surface area contributed by atoms with E-state index >= 15 is 0 Å². The molecule has 2 N–H and O–H groups in total. The van der Waals surface area contributed by atoms with Crippen LogP contribution in [0.4, 0.5) is 0 Å². The summed E-state index contributed by atoms with van der Waals surface area (Å²) in [7, 11) is 0. The fraction of sp³-hybridized carbons (Fsp3) is 0.500. The molecule has 18 heavy (non-hydrogen) atoms. The van der Waals surface area contributed by atoms with Gasteiger partial charge >= 0.3 is 0 Å². The third-order valence-corrected chi connectivity index (χ3v) is 3.90. The molecule has 3 rings (SSSR count). The summed E-state index contributed by atoms with van der Waals surface area (Å²) in [5.74, 6) is 0.0366. The summed E-state index contributed by atoms with van der Waals surface area (Å²) >= 11 is 0. The van der Waals surface area contributed by atoms with E-state index in [4.69, 9.17) is 10.5 Å². The van der Waals surface area contributed by atoms with Gasteiger partial charge in [-0.3, -0.25) is 4.79 Å². The van der Waals surface area contributed by atoms with E-state index in [9.17, 15) is 4.79 Å². The minimum Gasteiger partial charge on any atom is -0.379 e. The van der Waals surface area contributed by atoms with Crippen LogP contribution in [0.25, 0.3) is 0 Å². The third kappa shape index (κ3) is 1.91. The summed E-state index contributed by atoms with van der Waals surface area (Å²) in [6.45, 7) is 2.37. The average Bonchev–Trinajstić information content (AvgIpc) is 2.85. The van der Waals surface area contributed by atoms with E-state index in [-0.39, 0.29) is 5.91 Å². The first-order valence-electron chi connectivity index (χ1n) is 6.42. The normalized spacial score (nSPS) is 27.1. The lowest BCUT2D eigenvalue weighted by molar-refractivity contribution is -0.138. The second-order valence-electron chi connectivity index (χ2n) is 5.20. The lowest BCUT2D eigenvalue weighted by Crippen LogP contribution is -2.56. The zero-order chi connectivity index (χ0) is 12.6. The molecule has 2 aliphatic heterocycles. The van der Waals surface area contributed by atoms with Crippen molar-refractivity contribution in [2.75, 3.05) is 19.8 Å². The molecule has 0 aromatic heterocycles. The predicted octanol–water partition coefficient (Wildman–Crippen LogP) is 0.689. The van der Waals surface area contributed by atoms with Crippen molar-refractivity contribution in [1.82, 2.24) is 4.90 Å². The quantitative estimate of drug-likeness (QED) is 0.793. The van der Waals surface area contributed by atoms with Gasteiger partial charge in [0.1, 0.15) is 5.54 Å². The van der Waals surface area contributed by atoms with Gasteiger partial charge in [-0.2, -0.15) is 0 Å². The van der Waals surface area contributed by atoms with Gasteiger partial charge in [0.05, 0.1) is 6.61 Å². The van der Waals surface area contributed by atoms with Crippen LogP contribution >= 0.6 is 0 Å². The molecule has 2 heterocycles. The highest BCUT2D eigenvalue weighted by Gasteiger charge is 2.41. The minimum absolute atomic E-state index is 0.0366. The summed E-state index contributed by atoms with van der Waals surface area (Å²) in [5.41, 5.74) is 7.92. The number of hydrogen-bond donors (Lipinski definition) is 1. The van der Waals surface area contributed by atoms with Crippen LogP contribution in [0.5, 0.6) is 0 Å². The van der Waals surface area contributed by atoms with E-state index < -0.39 is 5.54 Å². The fourth-order valence-electron chi connectivity index (χ4n) is 2.73. The van der Waals surface area contributed by atoms with Crippen molar-refractivity contribution >= 4 is 5.91 Å². The van der Waals surface area contributed by atoms with Gasteiger partial charge in [0, 0.05) is 19.7 Å². The molecule has 4 nitrogen and oxygen atoms in total. The van der Waals surface area contributed by atoms with E-state index in [1.807, 2.05) is 17.0 Å². The SMILES string of the molecule is NC1(C(=O)N2CCc3ccccc3C2)CCOC1. The van der Waals surface area contributed by atoms with Crippen LogP contribution < -0.4 is 5.73 Å². The molecular formula is C14H18N2O2. The van der Waals surface area contributed by atoms with Crippen molar-refractivity contribution in [2.24, 2.45) is 5.73 Å². The maximum absolute atomic E-state index is 12.5. The van der Waals surface area contributed by atoms with Crippen LogP contribution in [0.15, 0.2) is 24.3 Å². The van der Waals surface area contributed by atoms with Gasteiger partial charge in [0.15, 0.2) is 0 Å². The number of rotatable bonds is 1. The van der Waals surface area contributed by atoms with Gasteiger partial charge in [0.2, 0.25) is 5.91 Å². The van der Waals surface area contributed by atoms with Crippen LogP contribution in [-0.4, -0.2) is 36.1 Å². The van der Waals surface area contributed by atoms with Crippen LogP contribution in [0.2, 0.25) is 0 Å². The molecule has 0 aliphatic carbocycles. The first kappa shape index (κ1) is 11.7. The first-order chi connectivity index (χ1) is 8.69. The summed E-state index contributed by atoms with van der Waals surface area (Å²) in [6, 6.07) is 8.28. The molecule has 2 aliphatic rings. The van der Waals surface area contributed by atoms with Crippen molar-refractivity contribution in [3.63, 3.8) is 0 Å². The zero-order valence-corrected chi connectivity index (χ0v) is 10.4. The highest BCUT2D eigenvalue weighted by atomic mass is 16.5. The fourth-order valence-corrected chi connectivity index (χ4v) is 2.73. The van der Waals surface area contributed by atoms with E-state index in [0.29, 0.717) is 26.2 Å². The van der Waals surface area contributed by atoms with E-state index in [1.54, 1.807) is 0 Å². The number of benzene rings is 1. The number of hydrogen-bond acceptors (Lipinski definition) is 3. The number of ether oxygens (including phenoxy) is 1. The summed E-state index contributed by atoms with van der Waals surface area (Å²) in [5, 5.41) is 0. The van der Waals surface area contributed by atoms with Crippen molar-refractivity contribution < 1.29 is 9.53 Å². The maximum Gasteiger partial charge on any atom is 0.245 e. The molecule has 1 aromatic carbocycles. The van der Waals surface area contributed by atoms with Crippen LogP contribution in [0, 0.1) is 0 Å². The summed E-state index contributed by atoms with van der Waals surface area (Å²) in [6.07, 6.45) is 1.54. The topological polar surface area (TPSA) is 55.6 Å². The zero-order valence-electron chi connectivity index (χ0n) is 10.4. The molecule has 0 spiro atoms. The summed E-state index contributed by atoms with van der Waals surface area (Å²) in [4.78, 5) is 14.3. The predicted molar refractivity (Wildman–Crippen MR) is 67.9 cm³/mol. The lowest BCUT2D eigenvalue weighted by atomic mass is 9.94. The Morgan fingerprint density at radius 3 is 2.83 bits per heavy atom. The van der Waals surface area contributed by atoms with Gasteiger partial charge in [-0.25, -0.2) is 0 Å². The van der Waals surface area contributed by atoms with Gasteiger partial charge in [0.25, 0.3) is 0 Å². The van der Waals surface area contributed by atoms with E-state index in [0.717, 1.165) is 13.0 Å². The Hall–Kier alpha value is -1.39. The van der Waals surface area contributed by atoms with Gasteiger partial charge in [-0.15, -0.1) is 0 Å². The highest BCUT2D eigenvalue weighted by Crippen LogP contribution is 2.24. The third-order valence-electron chi connectivity index (χ3n) is 3.90. The van der Waals surface area contributed by atoms with Crippen LogP contribution in [0.1, 0.15) is 17.5 Å². The number of nitrogens with zero attached hydrogens (tertiary/aromatic N) is 1. The molecule has 1 unspecified atom stereocenters. The second-order valence-corrected chi connectivity index (χ2v) is 5.20. The number of fused-ring (bicyclic) bond motifs is 1. The van der Waals surface area contributed by atoms with E-state index in [2.05, 4.69) is 12.1 Å². The van der Waals surface area contributed by atoms with Crippen molar-refractivity contribution in [2.45, 2.75) is 24.9 Å². The molecule has 1 amide bonds. The Labute approximate surface area is 107 Å². The Morgan fingerprint density at radius 1 is 1.33 bits per heavy atom. The van der Waals surface area contributed by atoms with E-state index in [1.165, 1.54) is 11.1 Å². The Balaban J connectivity index is 1.78. The monoisotopic (exact) mass is 246 g/mol. The van der Waals surface area contributed by atoms with Crippen molar-refractivity contribution in [1.29, 1.82) is 0 Å². The standard InChI is InChI=1S/C14H18N2O2/c15-14(6-8-18-10-14)13(17)16-7-5-11-3-1-2-4-12(11)9-16/h1-4H,5-10,15H2. The van der Waals surface area contributed by atoms with Crippen molar-refractivity contribution in [3.05, 3.63) is 35.4 Å². The largest absolute Gasteiger partial charge is 0.379 e. The van der Waals surface area contributed by atoms with Crippen LogP contribution in [0.3, 0.4) is 0 Å². The first-order valence-corrected chi connectivity index (χ1v) is 6.42. The number of carbonyl (C=O) groups excluding carboxylic acids is 1. The molecule has 1 fully saturated rings. The maximum atomic E-state index is 12.5. The molecule has 0 bridgehead atoms.